The molecule has 0 spiro atoms. The topological polar surface area (TPSA) is 35.6 Å². The van der Waals surface area contributed by atoms with Crippen molar-refractivity contribution in [2.45, 2.75) is 6.04 Å². The molecule has 2 aliphatic rings. The second-order valence-corrected chi connectivity index (χ2v) is 5.39. The van der Waals surface area contributed by atoms with E-state index in [0.29, 0.717) is 19.1 Å². The zero-order valence-electron chi connectivity index (χ0n) is 11.4. The van der Waals surface area contributed by atoms with E-state index in [-0.39, 0.29) is 5.56 Å². The minimum atomic E-state index is -1.55. The summed E-state index contributed by atoms with van der Waals surface area (Å²) in [5.41, 5.74) is -0.148. The lowest BCUT2D eigenvalue weighted by molar-refractivity contribution is 0.0501. The summed E-state index contributed by atoms with van der Waals surface area (Å²) in [6, 6.07) is 2.02. The number of halogens is 3. The van der Waals surface area contributed by atoms with Gasteiger partial charge in [-0.1, -0.05) is 0 Å². The van der Waals surface area contributed by atoms with E-state index in [4.69, 9.17) is 0 Å². The average Bonchev–Trinajstić information content (AvgIpc) is 2.42. The lowest BCUT2D eigenvalue weighted by Crippen LogP contribution is -2.62. The van der Waals surface area contributed by atoms with Gasteiger partial charge in [-0.25, -0.2) is 13.2 Å². The number of hydrogen-bond acceptors (Lipinski definition) is 3. The van der Waals surface area contributed by atoms with Gasteiger partial charge in [-0.3, -0.25) is 9.69 Å². The number of carbonyl (C=O) groups is 1. The molecule has 2 saturated heterocycles. The molecule has 1 amide bonds. The first-order valence-corrected chi connectivity index (χ1v) is 6.95. The molecule has 0 aromatic heterocycles. The Morgan fingerprint density at radius 2 is 1.62 bits per heavy atom. The van der Waals surface area contributed by atoms with Crippen molar-refractivity contribution in [2.24, 2.45) is 0 Å². The quantitative estimate of drug-likeness (QED) is 0.822. The number of carbonyl (C=O) groups excluding carboxylic acids is 1. The van der Waals surface area contributed by atoms with Crippen molar-refractivity contribution in [1.82, 2.24) is 15.1 Å². The fraction of sp³-hybridized carbons (Fsp3) is 0.500. The van der Waals surface area contributed by atoms with Gasteiger partial charge in [0.25, 0.3) is 5.91 Å². The summed E-state index contributed by atoms with van der Waals surface area (Å²) in [7, 11) is 0. The molecule has 0 radical (unpaired) electrons. The minimum absolute atomic E-state index is 0.148. The van der Waals surface area contributed by atoms with E-state index >= 15 is 0 Å². The Labute approximate surface area is 120 Å². The van der Waals surface area contributed by atoms with E-state index in [1.54, 1.807) is 4.90 Å². The fourth-order valence-electron chi connectivity index (χ4n) is 2.68. The monoisotopic (exact) mass is 299 g/mol. The fourth-order valence-corrected chi connectivity index (χ4v) is 2.68. The van der Waals surface area contributed by atoms with Crippen molar-refractivity contribution in [3.8, 4) is 0 Å². The zero-order valence-corrected chi connectivity index (χ0v) is 11.4. The Kier molecular flexibility index (Phi) is 3.86. The number of hydrogen-bond donors (Lipinski definition) is 1. The van der Waals surface area contributed by atoms with Crippen LogP contribution in [0.2, 0.25) is 0 Å². The molecule has 7 heteroatoms. The Hall–Kier alpha value is -1.60. The summed E-state index contributed by atoms with van der Waals surface area (Å²) in [6.45, 7) is 4.42. The molecule has 4 nitrogen and oxygen atoms in total. The Bertz CT molecular complexity index is 531. The molecule has 2 heterocycles. The molecule has 2 aliphatic heterocycles. The molecule has 1 aromatic rings. The molecular weight excluding hydrogens is 283 g/mol. The number of rotatable bonds is 2. The Morgan fingerprint density at radius 3 is 2.10 bits per heavy atom. The van der Waals surface area contributed by atoms with Crippen LogP contribution in [0, 0.1) is 17.5 Å². The van der Waals surface area contributed by atoms with Crippen LogP contribution in [0.15, 0.2) is 12.1 Å². The lowest BCUT2D eigenvalue weighted by Gasteiger charge is -2.43. The van der Waals surface area contributed by atoms with E-state index in [0.717, 1.165) is 38.3 Å². The highest BCUT2D eigenvalue weighted by Crippen LogP contribution is 2.17. The first kappa shape index (κ1) is 14.3. The second-order valence-electron chi connectivity index (χ2n) is 5.39. The maximum atomic E-state index is 13.2. The van der Waals surface area contributed by atoms with E-state index in [9.17, 15) is 18.0 Å². The molecule has 1 N–H and O–H groups in total. The minimum Gasteiger partial charge on any atom is -0.336 e. The Balaban J connectivity index is 1.66. The van der Waals surface area contributed by atoms with Crippen LogP contribution in [-0.4, -0.2) is 61.0 Å². The van der Waals surface area contributed by atoms with Crippen LogP contribution in [0.5, 0.6) is 0 Å². The maximum Gasteiger partial charge on any atom is 0.254 e. The van der Waals surface area contributed by atoms with Gasteiger partial charge in [0.05, 0.1) is 0 Å². The molecule has 0 unspecified atom stereocenters. The number of amides is 1. The molecule has 21 heavy (non-hydrogen) atoms. The molecule has 0 aliphatic carbocycles. The highest BCUT2D eigenvalue weighted by atomic mass is 19.2. The van der Waals surface area contributed by atoms with E-state index in [1.165, 1.54) is 0 Å². The number of nitrogens with one attached hydrogen (secondary N) is 1. The summed E-state index contributed by atoms with van der Waals surface area (Å²) in [6.07, 6.45) is 0. The van der Waals surface area contributed by atoms with Gasteiger partial charge in [0, 0.05) is 50.9 Å². The molecule has 0 saturated carbocycles. The molecule has 114 valence electrons. The second kappa shape index (κ2) is 5.65. The average molecular weight is 299 g/mol. The van der Waals surface area contributed by atoms with Crippen LogP contribution < -0.4 is 5.32 Å². The summed E-state index contributed by atoms with van der Waals surface area (Å²) < 4.78 is 39.3. The predicted octanol–water partition coefficient (Wildman–Crippen LogP) is 0.833. The van der Waals surface area contributed by atoms with Crippen LogP contribution in [0.4, 0.5) is 13.2 Å². The number of nitrogens with zero attached hydrogens (tertiary/aromatic N) is 2. The highest BCUT2D eigenvalue weighted by Gasteiger charge is 2.30. The smallest absolute Gasteiger partial charge is 0.254 e. The van der Waals surface area contributed by atoms with Crippen molar-refractivity contribution in [3.05, 3.63) is 35.1 Å². The largest absolute Gasteiger partial charge is 0.336 e. The molecule has 2 fully saturated rings. The zero-order chi connectivity index (χ0) is 15.0. The first-order chi connectivity index (χ1) is 10.1. The van der Waals surface area contributed by atoms with Crippen LogP contribution in [-0.2, 0) is 0 Å². The Morgan fingerprint density at radius 1 is 1.05 bits per heavy atom. The molecule has 0 atom stereocenters. The van der Waals surface area contributed by atoms with Crippen molar-refractivity contribution in [1.29, 1.82) is 0 Å². The summed E-state index contributed by atoms with van der Waals surface area (Å²) >= 11 is 0. The van der Waals surface area contributed by atoms with E-state index in [2.05, 4.69) is 10.2 Å². The third-order valence-corrected chi connectivity index (χ3v) is 4.11. The first-order valence-electron chi connectivity index (χ1n) is 6.95. The van der Waals surface area contributed by atoms with Crippen molar-refractivity contribution in [3.63, 3.8) is 0 Å². The van der Waals surface area contributed by atoms with Crippen molar-refractivity contribution in [2.75, 3.05) is 39.3 Å². The maximum absolute atomic E-state index is 13.2. The van der Waals surface area contributed by atoms with Crippen LogP contribution in [0.25, 0.3) is 0 Å². The van der Waals surface area contributed by atoms with Gasteiger partial charge in [-0.2, -0.15) is 0 Å². The molecule has 3 rings (SSSR count). The van der Waals surface area contributed by atoms with Crippen LogP contribution in [0.3, 0.4) is 0 Å². The van der Waals surface area contributed by atoms with Crippen molar-refractivity contribution < 1.29 is 18.0 Å². The highest BCUT2D eigenvalue weighted by molar-refractivity contribution is 5.94. The summed E-state index contributed by atoms with van der Waals surface area (Å²) in [5, 5.41) is 3.20. The van der Waals surface area contributed by atoms with Gasteiger partial charge in [-0.15, -0.1) is 0 Å². The van der Waals surface area contributed by atoms with Gasteiger partial charge >= 0.3 is 0 Å². The third-order valence-electron chi connectivity index (χ3n) is 4.11. The summed E-state index contributed by atoms with van der Waals surface area (Å²) in [5.74, 6) is -4.68. The van der Waals surface area contributed by atoms with E-state index in [1.807, 2.05) is 0 Å². The summed E-state index contributed by atoms with van der Waals surface area (Å²) in [4.78, 5) is 16.1. The van der Waals surface area contributed by atoms with Gasteiger partial charge < -0.3 is 10.2 Å². The van der Waals surface area contributed by atoms with Crippen molar-refractivity contribution >= 4 is 5.91 Å². The molecular formula is C14H16F3N3O. The number of piperazine rings is 1. The van der Waals surface area contributed by atoms with Gasteiger partial charge in [0.15, 0.2) is 17.5 Å². The van der Waals surface area contributed by atoms with Crippen LogP contribution >= 0.6 is 0 Å². The number of benzene rings is 1. The normalized spacial score (nSPS) is 20.4. The standard InChI is InChI=1S/C14H16F3N3O/c15-11-5-9(6-12(16)13(11)17)14(21)20-3-1-19(2-4-20)10-7-18-8-10/h5-6,10,18H,1-4,7-8H2. The van der Waals surface area contributed by atoms with Gasteiger partial charge in [0.1, 0.15) is 0 Å². The predicted molar refractivity (Wildman–Crippen MR) is 70.5 cm³/mol. The van der Waals surface area contributed by atoms with Gasteiger partial charge in [0.2, 0.25) is 0 Å². The van der Waals surface area contributed by atoms with Gasteiger partial charge in [-0.05, 0) is 12.1 Å². The SMILES string of the molecule is O=C(c1cc(F)c(F)c(F)c1)N1CCN(C2CNC2)CC1. The van der Waals surface area contributed by atoms with Crippen LogP contribution in [0.1, 0.15) is 10.4 Å². The molecule has 1 aromatic carbocycles. The molecule has 0 bridgehead atoms. The lowest BCUT2D eigenvalue weighted by atomic mass is 10.1. The van der Waals surface area contributed by atoms with E-state index < -0.39 is 23.4 Å². The third kappa shape index (κ3) is 2.75.